The van der Waals surface area contributed by atoms with Crippen molar-refractivity contribution < 1.29 is 4.79 Å². The quantitative estimate of drug-likeness (QED) is 0.877. The lowest BCUT2D eigenvalue weighted by Crippen LogP contribution is -2.56. The van der Waals surface area contributed by atoms with E-state index in [0.717, 1.165) is 24.9 Å². The number of carbonyl (C=O) groups is 1. The van der Waals surface area contributed by atoms with E-state index in [1.54, 1.807) is 0 Å². The molecular weight excluding hydrogens is 236 g/mol. The third-order valence-electron chi connectivity index (χ3n) is 4.01. The van der Waals surface area contributed by atoms with E-state index in [1.807, 2.05) is 30.3 Å². The molecule has 19 heavy (non-hydrogen) atoms. The summed E-state index contributed by atoms with van der Waals surface area (Å²) in [6, 6.07) is 9.87. The molecule has 104 valence electrons. The minimum atomic E-state index is -0.622. The van der Waals surface area contributed by atoms with Gasteiger partial charge in [-0.3, -0.25) is 4.79 Å². The molecule has 0 saturated heterocycles. The predicted molar refractivity (Wildman–Crippen MR) is 78.8 cm³/mol. The second-order valence-corrected chi connectivity index (χ2v) is 6.79. The van der Waals surface area contributed by atoms with Gasteiger partial charge in [0.05, 0.1) is 0 Å². The molecule has 1 saturated carbocycles. The summed E-state index contributed by atoms with van der Waals surface area (Å²) >= 11 is 0. The monoisotopic (exact) mass is 260 g/mol. The summed E-state index contributed by atoms with van der Waals surface area (Å²) in [5.41, 5.74) is 6.21. The average Bonchev–Trinajstić information content (AvgIpc) is 2.27. The van der Waals surface area contributed by atoms with Gasteiger partial charge in [-0.15, -0.1) is 0 Å². The Morgan fingerprint density at radius 1 is 1.26 bits per heavy atom. The minimum Gasteiger partial charge on any atom is -0.371 e. The van der Waals surface area contributed by atoms with Crippen LogP contribution < -0.4 is 11.1 Å². The molecule has 2 atom stereocenters. The molecule has 1 aliphatic carbocycles. The van der Waals surface area contributed by atoms with Crippen LogP contribution >= 0.6 is 0 Å². The fourth-order valence-electron chi connectivity index (χ4n) is 3.71. The Bertz CT molecular complexity index is 455. The van der Waals surface area contributed by atoms with E-state index in [-0.39, 0.29) is 11.3 Å². The Morgan fingerprint density at radius 3 is 2.42 bits per heavy atom. The van der Waals surface area contributed by atoms with E-state index in [4.69, 9.17) is 5.73 Å². The van der Waals surface area contributed by atoms with E-state index in [0.29, 0.717) is 5.92 Å². The van der Waals surface area contributed by atoms with Gasteiger partial charge in [0, 0.05) is 5.69 Å². The number of nitrogens with one attached hydrogen (secondary N) is 1. The smallest absolute Gasteiger partial charge is 0.243 e. The van der Waals surface area contributed by atoms with Crippen molar-refractivity contribution in [3.8, 4) is 0 Å². The molecule has 2 rings (SSSR count). The van der Waals surface area contributed by atoms with Crippen LogP contribution in [0.3, 0.4) is 0 Å². The van der Waals surface area contributed by atoms with Crippen molar-refractivity contribution in [2.24, 2.45) is 17.1 Å². The highest BCUT2D eigenvalue weighted by atomic mass is 16.1. The molecule has 1 aromatic rings. The maximum atomic E-state index is 12.1. The Kier molecular flexibility index (Phi) is 3.57. The first-order valence-electron chi connectivity index (χ1n) is 6.96. The largest absolute Gasteiger partial charge is 0.371 e. The number of hydrogen-bond acceptors (Lipinski definition) is 2. The second-order valence-electron chi connectivity index (χ2n) is 6.79. The van der Waals surface area contributed by atoms with Gasteiger partial charge in [0.2, 0.25) is 5.91 Å². The van der Waals surface area contributed by atoms with Crippen LogP contribution in [0.1, 0.15) is 40.0 Å². The number of benzene rings is 1. The zero-order chi connectivity index (χ0) is 14.1. The van der Waals surface area contributed by atoms with Gasteiger partial charge in [0.1, 0.15) is 5.54 Å². The Hall–Kier alpha value is -1.51. The molecular formula is C16H24N2O. The van der Waals surface area contributed by atoms with Crippen LogP contribution in [0.15, 0.2) is 30.3 Å². The molecule has 0 aromatic heterocycles. The molecule has 3 heteroatoms. The number of hydrogen-bond donors (Lipinski definition) is 2. The van der Waals surface area contributed by atoms with Crippen LogP contribution in [-0.4, -0.2) is 11.4 Å². The van der Waals surface area contributed by atoms with Crippen LogP contribution in [0, 0.1) is 11.3 Å². The molecule has 3 nitrogen and oxygen atoms in total. The van der Waals surface area contributed by atoms with Gasteiger partial charge in [-0.1, -0.05) is 39.0 Å². The van der Waals surface area contributed by atoms with Crippen LogP contribution in [0.5, 0.6) is 0 Å². The van der Waals surface area contributed by atoms with Crippen LogP contribution in [0.4, 0.5) is 5.69 Å². The second kappa shape index (κ2) is 4.87. The Morgan fingerprint density at radius 2 is 1.89 bits per heavy atom. The van der Waals surface area contributed by atoms with Gasteiger partial charge in [0.15, 0.2) is 0 Å². The molecule has 0 aliphatic heterocycles. The summed E-state index contributed by atoms with van der Waals surface area (Å²) in [5.74, 6) is 0.253. The molecule has 2 unspecified atom stereocenters. The van der Waals surface area contributed by atoms with Gasteiger partial charge in [-0.2, -0.15) is 0 Å². The first-order valence-corrected chi connectivity index (χ1v) is 6.96. The van der Waals surface area contributed by atoms with E-state index in [9.17, 15) is 4.79 Å². The third-order valence-corrected chi connectivity index (χ3v) is 4.01. The number of para-hydroxylation sites is 1. The zero-order valence-corrected chi connectivity index (χ0v) is 12.1. The standard InChI is InChI=1S/C16H24N2O/c1-12-9-15(2,3)11-16(10-12,14(17)19)18-13-7-5-4-6-8-13/h4-8,12,18H,9-11H2,1-3H3,(H2,17,19). The van der Waals surface area contributed by atoms with Crippen molar-refractivity contribution in [2.75, 3.05) is 5.32 Å². The summed E-state index contributed by atoms with van der Waals surface area (Å²) in [6.45, 7) is 6.63. The van der Waals surface area contributed by atoms with E-state index in [1.165, 1.54) is 0 Å². The van der Waals surface area contributed by atoms with Crippen molar-refractivity contribution in [1.82, 2.24) is 0 Å². The summed E-state index contributed by atoms with van der Waals surface area (Å²) in [5, 5.41) is 3.41. The molecule has 1 amide bonds. The lowest BCUT2D eigenvalue weighted by atomic mass is 9.64. The van der Waals surface area contributed by atoms with E-state index < -0.39 is 5.54 Å². The molecule has 0 radical (unpaired) electrons. The zero-order valence-electron chi connectivity index (χ0n) is 12.1. The van der Waals surface area contributed by atoms with Crippen molar-refractivity contribution in [3.05, 3.63) is 30.3 Å². The topological polar surface area (TPSA) is 55.1 Å². The lowest BCUT2D eigenvalue weighted by Gasteiger charge is -2.46. The maximum absolute atomic E-state index is 12.1. The van der Waals surface area contributed by atoms with Crippen molar-refractivity contribution >= 4 is 11.6 Å². The highest BCUT2D eigenvalue weighted by molar-refractivity contribution is 5.88. The normalized spacial score (nSPS) is 29.7. The fourth-order valence-corrected chi connectivity index (χ4v) is 3.71. The van der Waals surface area contributed by atoms with Gasteiger partial charge in [-0.05, 0) is 42.7 Å². The number of rotatable bonds is 3. The first-order chi connectivity index (χ1) is 8.83. The number of anilines is 1. The molecule has 0 bridgehead atoms. The van der Waals surface area contributed by atoms with Gasteiger partial charge in [0.25, 0.3) is 0 Å². The fraction of sp³-hybridized carbons (Fsp3) is 0.562. The minimum absolute atomic E-state index is 0.133. The van der Waals surface area contributed by atoms with Crippen molar-refractivity contribution in [2.45, 2.75) is 45.6 Å². The van der Waals surface area contributed by atoms with Crippen LogP contribution in [0.25, 0.3) is 0 Å². The Labute approximate surface area is 115 Å². The summed E-state index contributed by atoms with van der Waals surface area (Å²) < 4.78 is 0. The van der Waals surface area contributed by atoms with Gasteiger partial charge >= 0.3 is 0 Å². The highest BCUT2D eigenvalue weighted by Gasteiger charge is 2.46. The third kappa shape index (κ3) is 3.09. The summed E-state index contributed by atoms with van der Waals surface area (Å²) in [6.07, 6.45) is 2.73. The first kappa shape index (κ1) is 13.9. The summed E-state index contributed by atoms with van der Waals surface area (Å²) in [4.78, 5) is 12.1. The average molecular weight is 260 g/mol. The van der Waals surface area contributed by atoms with Gasteiger partial charge < -0.3 is 11.1 Å². The highest BCUT2D eigenvalue weighted by Crippen LogP contribution is 2.45. The van der Waals surface area contributed by atoms with Crippen molar-refractivity contribution in [3.63, 3.8) is 0 Å². The maximum Gasteiger partial charge on any atom is 0.243 e. The number of nitrogens with two attached hydrogens (primary N) is 1. The molecule has 1 fully saturated rings. The van der Waals surface area contributed by atoms with Crippen molar-refractivity contribution in [1.29, 1.82) is 0 Å². The number of amides is 1. The van der Waals surface area contributed by atoms with Gasteiger partial charge in [-0.25, -0.2) is 0 Å². The SMILES string of the molecule is CC1CC(C)(C)CC(Nc2ccccc2)(C(N)=O)C1. The molecule has 0 heterocycles. The van der Waals surface area contributed by atoms with E-state index in [2.05, 4.69) is 26.1 Å². The Balaban J connectivity index is 2.30. The van der Waals surface area contributed by atoms with Crippen LogP contribution in [0.2, 0.25) is 0 Å². The molecule has 0 spiro atoms. The number of carbonyl (C=O) groups excluding carboxylic acids is 1. The summed E-state index contributed by atoms with van der Waals surface area (Å²) in [7, 11) is 0. The van der Waals surface area contributed by atoms with Crippen LogP contribution in [-0.2, 0) is 4.79 Å². The number of primary amides is 1. The lowest BCUT2D eigenvalue weighted by molar-refractivity contribution is -0.125. The molecule has 1 aromatic carbocycles. The van der Waals surface area contributed by atoms with E-state index >= 15 is 0 Å². The predicted octanol–water partition coefficient (Wildman–Crippen LogP) is 3.17. The molecule has 1 aliphatic rings. The molecule has 3 N–H and O–H groups in total.